The Balaban J connectivity index is 1.64. The first-order valence-electron chi connectivity index (χ1n) is 10.1. The minimum Gasteiger partial charge on any atom is -0.465 e. The summed E-state index contributed by atoms with van der Waals surface area (Å²) in [6.45, 7) is 1.75. The Kier molecular flexibility index (Phi) is 6.91. The Hall–Kier alpha value is -3.42. The molecule has 1 aliphatic heterocycles. The van der Waals surface area contributed by atoms with E-state index in [1.54, 1.807) is 61.5 Å². The van der Waals surface area contributed by atoms with Crippen LogP contribution in [0.1, 0.15) is 23.0 Å². The smallest absolute Gasteiger partial charge is 0.323 e. The molecule has 0 aliphatic carbocycles. The van der Waals surface area contributed by atoms with Crippen molar-refractivity contribution >= 4 is 52.1 Å². The molecule has 0 saturated carbocycles. The standard InChI is InChI=1S/C25H18ClNO5S/c1-2-31-25(30)21-22(28)20(33-24(21)27-23(29)16-6-4-3-5-7-16)14-18-12-13-19(32-18)15-8-10-17(26)11-9-15/h3-14,21H,2H2,1H3/b20-14-,27-24?. The molecule has 1 saturated heterocycles. The highest BCUT2D eigenvalue weighted by atomic mass is 35.5. The van der Waals surface area contributed by atoms with Crippen molar-refractivity contribution < 1.29 is 23.5 Å². The molecule has 1 atom stereocenters. The summed E-state index contributed by atoms with van der Waals surface area (Å²) in [6.07, 6.45) is 1.54. The first-order chi connectivity index (χ1) is 16.0. The van der Waals surface area contributed by atoms with Gasteiger partial charge in [-0.2, -0.15) is 0 Å². The second-order valence-electron chi connectivity index (χ2n) is 6.99. The van der Waals surface area contributed by atoms with Crippen LogP contribution >= 0.6 is 23.4 Å². The molecule has 6 nitrogen and oxygen atoms in total. The fraction of sp³-hybridized carbons (Fsp3) is 0.120. The number of carbonyl (C=O) groups is 3. The van der Waals surface area contributed by atoms with E-state index in [0.717, 1.165) is 17.3 Å². The van der Waals surface area contributed by atoms with Crippen LogP contribution in [0.3, 0.4) is 0 Å². The van der Waals surface area contributed by atoms with E-state index in [9.17, 15) is 14.4 Å². The fourth-order valence-electron chi connectivity index (χ4n) is 3.17. The van der Waals surface area contributed by atoms with Crippen molar-refractivity contribution in [1.29, 1.82) is 0 Å². The van der Waals surface area contributed by atoms with Gasteiger partial charge < -0.3 is 9.15 Å². The third-order valence-electron chi connectivity index (χ3n) is 4.75. The summed E-state index contributed by atoms with van der Waals surface area (Å²) in [7, 11) is 0. The van der Waals surface area contributed by atoms with E-state index in [2.05, 4.69) is 4.99 Å². The Morgan fingerprint density at radius 2 is 1.82 bits per heavy atom. The molecule has 0 spiro atoms. The summed E-state index contributed by atoms with van der Waals surface area (Å²) in [6, 6.07) is 19.1. The van der Waals surface area contributed by atoms with Gasteiger partial charge >= 0.3 is 5.97 Å². The molecule has 33 heavy (non-hydrogen) atoms. The van der Waals surface area contributed by atoms with E-state index < -0.39 is 23.6 Å². The Morgan fingerprint density at radius 1 is 1.09 bits per heavy atom. The van der Waals surface area contributed by atoms with Crippen molar-refractivity contribution in [2.75, 3.05) is 6.61 Å². The zero-order chi connectivity index (χ0) is 23.4. The normalized spacial score (nSPS) is 18.1. The fourth-order valence-corrected chi connectivity index (χ4v) is 4.37. The number of halogens is 1. The predicted octanol–water partition coefficient (Wildman–Crippen LogP) is 5.68. The molecule has 1 unspecified atom stereocenters. The third kappa shape index (κ3) is 5.16. The lowest BCUT2D eigenvalue weighted by Crippen LogP contribution is -2.27. The van der Waals surface area contributed by atoms with Crippen LogP contribution in [0, 0.1) is 5.92 Å². The van der Waals surface area contributed by atoms with Gasteiger partial charge in [0, 0.05) is 16.1 Å². The maximum atomic E-state index is 13.0. The second-order valence-corrected chi connectivity index (χ2v) is 8.49. The van der Waals surface area contributed by atoms with E-state index in [1.807, 2.05) is 12.1 Å². The molecule has 0 bridgehead atoms. The summed E-state index contributed by atoms with van der Waals surface area (Å²) in [5, 5.41) is 0.700. The number of aliphatic imine (C=N–C) groups is 1. The summed E-state index contributed by atoms with van der Waals surface area (Å²) >= 11 is 6.90. The Labute approximate surface area is 199 Å². The Morgan fingerprint density at radius 3 is 2.52 bits per heavy atom. The van der Waals surface area contributed by atoms with Crippen molar-refractivity contribution in [3.05, 3.63) is 88.0 Å². The number of ketones is 1. The number of benzene rings is 2. The van der Waals surface area contributed by atoms with E-state index in [-0.39, 0.29) is 16.6 Å². The lowest BCUT2D eigenvalue weighted by atomic mass is 10.1. The van der Waals surface area contributed by atoms with Gasteiger partial charge in [0.1, 0.15) is 16.6 Å². The number of allylic oxidation sites excluding steroid dienone is 1. The predicted molar refractivity (Wildman–Crippen MR) is 128 cm³/mol. The lowest BCUT2D eigenvalue weighted by molar-refractivity contribution is -0.147. The minimum absolute atomic E-state index is 0.0861. The van der Waals surface area contributed by atoms with Crippen molar-refractivity contribution in [2.24, 2.45) is 10.9 Å². The molecule has 1 aliphatic rings. The topological polar surface area (TPSA) is 85.9 Å². The molecule has 1 aromatic heterocycles. The SMILES string of the molecule is CCOC(=O)C1C(=O)/C(=C/c2ccc(-c3ccc(Cl)cc3)o2)SC1=NC(=O)c1ccccc1. The van der Waals surface area contributed by atoms with Gasteiger partial charge in [-0.15, -0.1) is 0 Å². The molecule has 8 heteroatoms. The molecule has 1 amide bonds. The molecule has 4 rings (SSSR count). The van der Waals surface area contributed by atoms with Crippen molar-refractivity contribution in [2.45, 2.75) is 6.92 Å². The number of ether oxygens (including phenoxy) is 1. The van der Waals surface area contributed by atoms with Gasteiger partial charge in [0.05, 0.1) is 11.5 Å². The van der Waals surface area contributed by atoms with E-state index in [4.69, 9.17) is 20.8 Å². The van der Waals surface area contributed by atoms with E-state index in [1.165, 1.54) is 6.08 Å². The monoisotopic (exact) mass is 479 g/mol. The average Bonchev–Trinajstić information content (AvgIpc) is 3.40. The number of Topliss-reactive ketones (excluding diaryl/α,β-unsaturated/α-hetero) is 1. The number of esters is 1. The van der Waals surface area contributed by atoms with Crippen LogP contribution in [-0.4, -0.2) is 29.3 Å². The number of thioether (sulfide) groups is 1. The van der Waals surface area contributed by atoms with Gasteiger partial charge in [0.25, 0.3) is 5.91 Å². The number of hydrogen-bond donors (Lipinski definition) is 0. The first kappa shape index (κ1) is 22.8. The maximum absolute atomic E-state index is 13.0. The van der Waals surface area contributed by atoms with Gasteiger partial charge in [-0.05, 0) is 61.5 Å². The Bertz CT molecular complexity index is 1260. The number of amides is 1. The number of nitrogens with zero attached hydrogens (tertiary/aromatic N) is 1. The summed E-state index contributed by atoms with van der Waals surface area (Å²) < 4.78 is 10.9. The van der Waals surface area contributed by atoms with E-state index in [0.29, 0.717) is 22.1 Å². The van der Waals surface area contributed by atoms with Gasteiger partial charge in [-0.25, -0.2) is 4.99 Å². The molecular weight excluding hydrogens is 462 g/mol. The quantitative estimate of drug-likeness (QED) is 0.266. The number of carbonyl (C=O) groups excluding carboxylic acids is 3. The third-order valence-corrected chi connectivity index (χ3v) is 6.08. The summed E-state index contributed by atoms with van der Waals surface area (Å²) in [5.41, 5.74) is 1.19. The van der Waals surface area contributed by atoms with Crippen LogP contribution in [0.5, 0.6) is 0 Å². The first-order valence-corrected chi connectivity index (χ1v) is 11.3. The molecule has 1 fully saturated rings. The largest absolute Gasteiger partial charge is 0.465 e. The summed E-state index contributed by atoms with van der Waals surface area (Å²) in [4.78, 5) is 42.4. The molecule has 0 radical (unpaired) electrons. The highest BCUT2D eigenvalue weighted by Gasteiger charge is 2.43. The van der Waals surface area contributed by atoms with Crippen molar-refractivity contribution in [3.63, 3.8) is 0 Å². The average molecular weight is 480 g/mol. The lowest BCUT2D eigenvalue weighted by Gasteiger charge is -2.07. The molecular formula is C25H18ClNO5S. The highest BCUT2D eigenvalue weighted by molar-refractivity contribution is 8.19. The van der Waals surface area contributed by atoms with Gasteiger partial charge in [-0.3, -0.25) is 14.4 Å². The molecule has 0 N–H and O–H groups in total. The number of hydrogen-bond acceptors (Lipinski definition) is 6. The molecule has 2 aromatic carbocycles. The number of rotatable bonds is 5. The van der Waals surface area contributed by atoms with Crippen LogP contribution in [0.4, 0.5) is 0 Å². The highest BCUT2D eigenvalue weighted by Crippen LogP contribution is 2.38. The van der Waals surface area contributed by atoms with Gasteiger partial charge in [0.2, 0.25) is 0 Å². The zero-order valence-corrected chi connectivity index (χ0v) is 19.1. The van der Waals surface area contributed by atoms with Gasteiger partial charge in [0.15, 0.2) is 11.7 Å². The maximum Gasteiger partial charge on any atom is 0.323 e. The van der Waals surface area contributed by atoms with Gasteiger partial charge in [-0.1, -0.05) is 41.6 Å². The van der Waals surface area contributed by atoms with Crippen LogP contribution in [0.25, 0.3) is 17.4 Å². The molecule has 2 heterocycles. The minimum atomic E-state index is -1.28. The number of furan rings is 1. The van der Waals surface area contributed by atoms with Crippen LogP contribution in [0.2, 0.25) is 5.02 Å². The van der Waals surface area contributed by atoms with Crippen LogP contribution < -0.4 is 0 Å². The van der Waals surface area contributed by atoms with E-state index >= 15 is 0 Å². The summed E-state index contributed by atoms with van der Waals surface area (Å²) in [5.74, 6) is -2.01. The molecule has 3 aromatic rings. The van der Waals surface area contributed by atoms with Crippen molar-refractivity contribution in [3.8, 4) is 11.3 Å². The second kappa shape index (κ2) is 10.0. The zero-order valence-electron chi connectivity index (χ0n) is 17.5. The van der Waals surface area contributed by atoms with Crippen LogP contribution in [-0.2, 0) is 14.3 Å². The molecule has 166 valence electrons. The van der Waals surface area contributed by atoms with Crippen molar-refractivity contribution in [1.82, 2.24) is 0 Å². The van der Waals surface area contributed by atoms with Crippen LogP contribution in [0.15, 0.2) is 81.0 Å².